The van der Waals surface area contributed by atoms with Gasteiger partial charge in [0, 0.05) is 6.54 Å². The SMILES string of the molecule is O=C1N=c2cccc(C3CCCNC3)c2=N1. The van der Waals surface area contributed by atoms with Crippen LogP contribution in [0, 0.1) is 0 Å². The highest BCUT2D eigenvalue weighted by Gasteiger charge is 2.19. The van der Waals surface area contributed by atoms with Crippen molar-refractivity contribution in [3.05, 3.63) is 34.5 Å². The van der Waals surface area contributed by atoms with E-state index in [9.17, 15) is 4.79 Å². The first-order valence-corrected chi connectivity index (χ1v) is 5.65. The Hall–Kier alpha value is -1.55. The van der Waals surface area contributed by atoms with Gasteiger partial charge in [0.15, 0.2) is 0 Å². The quantitative estimate of drug-likeness (QED) is 0.742. The fourth-order valence-electron chi connectivity index (χ4n) is 2.43. The van der Waals surface area contributed by atoms with E-state index in [0.717, 1.165) is 30.2 Å². The Kier molecular flexibility index (Phi) is 2.29. The monoisotopic (exact) mass is 215 g/mol. The predicted octanol–water partition coefficient (Wildman–Crippen LogP) is 0.526. The lowest BCUT2D eigenvalue weighted by Crippen LogP contribution is -2.34. The van der Waals surface area contributed by atoms with Crippen LogP contribution in [0.1, 0.15) is 24.3 Å². The summed E-state index contributed by atoms with van der Waals surface area (Å²) in [6.45, 7) is 2.06. The van der Waals surface area contributed by atoms with E-state index in [1.54, 1.807) is 0 Å². The average molecular weight is 215 g/mol. The zero-order valence-electron chi connectivity index (χ0n) is 8.94. The molecule has 0 aliphatic carbocycles. The van der Waals surface area contributed by atoms with Crippen LogP contribution < -0.4 is 16.0 Å². The summed E-state index contributed by atoms with van der Waals surface area (Å²) >= 11 is 0. The molecule has 2 heterocycles. The lowest BCUT2D eigenvalue weighted by atomic mass is 9.91. The summed E-state index contributed by atoms with van der Waals surface area (Å²) in [6.07, 6.45) is 2.34. The predicted molar refractivity (Wildman–Crippen MR) is 59.0 cm³/mol. The molecule has 2 aliphatic rings. The fourth-order valence-corrected chi connectivity index (χ4v) is 2.43. The molecule has 0 aromatic heterocycles. The van der Waals surface area contributed by atoms with Crippen LogP contribution in [0.2, 0.25) is 0 Å². The zero-order valence-corrected chi connectivity index (χ0v) is 8.94. The molecule has 4 nitrogen and oxygen atoms in total. The lowest BCUT2D eigenvalue weighted by Gasteiger charge is -2.22. The molecular weight excluding hydrogens is 202 g/mol. The Bertz CT molecular complexity index is 544. The third-order valence-corrected chi connectivity index (χ3v) is 3.21. The summed E-state index contributed by atoms with van der Waals surface area (Å²) in [5.41, 5.74) is 1.17. The molecule has 4 heteroatoms. The van der Waals surface area contributed by atoms with Crippen LogP contribution in [0.3, 0.4) is 0 Å². The Morgan fingerprint density at radius 3 is 3.06 bits per heavy atom. The molecule has 3 rings (SSSR count). The summed E-state index contributed by atoms with van der Waals surface area (Å²) in [7, 11) is 0. The molecule has 0 spiro atoms. The maximum atomic E-state index is 11.2. The molecule has 2 aliphatic heterocycles. The lowest BCUT2D eigenvalue weighted by molar-refractivity contribution is 0.256. The van der Waals surface area contributed by atoms with Crippen LogP contribution in [-0.4, -0.2) is 19.1 Å². The van der Waals surface area contributed by atoms with Gasteiger partial charge in [0.05, 0.1) is 10.7 Å². The molecule has 0 bridgehead atoms. The highest BCUT2D eigenvalue weighted by atomic mass is 16.2. The molecule has 0 radical (unpaired) electrons. The van der Waals surface area contributed by atoms with E-state index >= 15 is 0 Å². The first-order valence-electron chi connectivity index (χ1n) is 5.65. The van der Waals surface area contributed by atoms with Crippen molar-refractivity contribution in [2.24, 2.45) is 9.98 Å². The second-order valence-electron chi connectivity index (χ2n) is 4.26. The van der Waals surface area contributed by atoms with Gasteiger partial charge in [-0.2, -0.15) is 9.98 Å². The van der Waals surface area contributed by atoms with Gasteiger partial charge in [-0.05, 0) is 36.9 Å². The summed E-state index contributed by atoms with van der Waals surface area (Å²) in [4.78, 5) is 19.1. The number of amides is 2. The highest BCUT2D eigenvalue weighted by Crippen LogP contribution is 2.19. The first-order chi connectivity index (χ1) is 7.84. The Morgan fingerprint density at radius 1 is 1.31 bits per heavy atom. The number of urea groups is 1. The smallest absolute Gasteiger partial charge is 0.316 e. The van der Waals surface area contributed by atoms with Gasteiger partial charge in [0.1, 0.15) is 0 Å². The largest absolute Gasteiger partial charge is 0.368 e. The van der Waals surface area contributed by atoms with Crippen molar-refractivity contribution < 1.29 is 4.79 Å². The Balaban J connectivity index is 2.10. The van der Waals surface area contributed by atoms with E-state index < -0.39 is 0 Å². The first kappa shape index (κ1) is 9.66. The molecule has 82 valence electrons. The molecule has 1 atom stereocenters. The summed E-state index contributed by atoms with van der Waals surface area (Å²) < 4.78 is 0. The van der Waals surface area contributed by atoms with Crippen molar-refractivity contribution in [2.45, 2.75) is 18.8 Å². The maximum Gasteiger partial charge on any atom is 0.368 e. The molecule has 1 N–H and O–H groups in total. The minimum absolute atomic E-state index is 0.369. The molecule has 1 aromatic carbocycles. The minimum Gasteiger partial charge on any atom is -0.316 e. The molecule has 1 unspecified atom stereocenters. The number of nitrogens with one attached hydrogen (secondary N) is 1. The Labute approximate surface area is 93.1 Å². The van der Waals surface area contributed by atoms with Crippen molar-refractivity contribution in [1.82, 2.24) is 5.32 Å². The number of rotatable bonds is 1. The van der Waals surface area contributed by atoms with Crippen molar-refractivity contribution >= 4 is 6.03 Å². The summed E-state index contributed by atoms with van der Waals surface area (Å²) in [5.74, 6) is 0.466. The highest BCUT2D eigenvalue weighted by molar-refractivity contribution is 5.77. The van der Waals surface area contributed by atoms with Gasteiger partial charge in [-0.1, -0.05) is 12.1 Å². The topological polar surface area (TPSA) is 53.8 Å². The second-order valence-corrected chi connectivity index (χ2v) is 4.26. The number of piperidine rings is 1. The average Bonchev–Trinajstić information content (AvgIpc) is 2.70. The number of fused-ring (bicyclic) bond motifs is 1. The van der Waals surface area contributed by atoms with E-state index in [1.807, 2.05) is 12.1 Å². The number of nitrogens with zero attached hydrogens (tertiary/aromatic N) is 2. The van der Waals surface area contributed by atoms with Crippen molar-refractivity contribution in [1.29, 1.82) is 0 Å². The van der Waals surface area contributed by atoms with Gasteiger partial charge >= 0.3 is 6.03 Å². The van der Waals surface area contributed by atoms with Crippen LogP contribution in [0.4, 0.5) is 4.79 Å². The summed E-state index contributed by atoms with van der Waals surface area (Å²) in [6, 6.07) is 5.50. The van der Waals surface area contributed by atoms with E-state index in [1.165, 1.54) is 12.0 Å². The van der Waals surface area contributed by atoms with Crippen molar-refractivity contribution in [3.8, 4) is 0 Å². The van der Waals surface area contributed by atoms with Gasteiger partial charge in [-0.25, -0.2) is 4.79 Å². The molecule has 1 aromatic rings. The molecule has 1 saturated heterocycles. The number of hydrogen-bond donors (Lipinski definition) is 1. The van der Waals surface area contributed by atoms with Crippen LogP contribution in [0.5, 0.6) is 0 Å². The second kappa shape index (κ2) is 3.79. The van der Waals surface area contributed by atoms with Crippen LogP contribution >= 0.6 is 0 Å². The third kappa shape index (κ3) is 1.55. The van der Waals surface area contributed by atoms with Crippen molar-refractivity contribution in [2.75, 3.05) is 13.1 Å². The number of hydrogen-bond acceptors (Lipinski definition) is 2. The number of carbonyl (C=O) groups is 1. The van der Waals surface area contributed by atoms with E-state index in [2.05, 4.69) is 21.4 Å². The Morgan fingerprint density at radius 2 is 2.25 bits per heavy atom. The van der Waals surface area contributed by atoms with E-state index in [4.69, 9.17) is 0 Å². The molecule has 0 saturated carbocycles. The standard InChI is InChI=1S/C12H13N3O/c16-12-14-10-5-1-4-9(11(10)15-12)8-3-2-6-13-7-8/h1,4-5,8,13H,2-3,6-7H2. The molecule has 1 fully saturated rings. The van der Waals surface area contributed by atoms with Crippen molar-refractivity contribution in [3.63, 3.8) is 0 Å². The maximum absolute atomic E-state index is 11.2. The van der Waals surface area contributed by atoms with Gasteiger partial charge in [0.2, 0.25) is 0 Å². The number of para-hydroxylation sites is 1. The van der Waals surface area contributed by atoms with E-state index in [0.29, 0.717) is 5.92 Å². The molecular formula is C12H13N3O. The molecule has 2 amide bonds. The van der Waals surface area contributed by atoms with E-state index in [-0.39, 0.29) is 6.03 Å². The van der Waals surface area contributed by atoms with Gasteiger partial charge in [-0.3, -0.25) is 0 Å². The van der Waals surface area contributed by atoms with Crippen LogP contribution in [0.25, 0.3) is 0 Å². The van der Waals surface area contributed by atoms with Crippen LogP contribution in [0.15, 0.2) is 28.2 Å². The molecule has 16 heavy (non-hydrogen) atoms. The number of carbonyl (C=O) groups excluding carboxylic acids is 1. The fraction of sp³-hybridized carbons (Fsp3) is 0.417. The zero-order chi connectivity index (χ0) is 11.0. The summed E-state index contributed by atoms with van der Waals surface area (Å²) in [5, 5.41) is 4.90. The van der Waals surface area contributed by atoms with Gasteiger partial charge in [0.25, 0.3) is 0 Å². The normalized spacial score (nSPS) is 23.5. The third-order valence-electron chi connectivity index (χ3n) is 3.21. The van der Waals surface area contributed by atoms with Gasteiger partial charge in [-0.15, -0.1) is 0 Å². The number of benzene rings is 1. The van der Waals surface area contributed by atoms with Gasteiger partial charge < -0.3 is 5.32 Å². The van der Waals surface area contributed by atoms with Crippen LogP contribution in [-0.2, 0) is 0 Å². The minimum atomic E-state index is -0.369.